The summed E-state index contributed by atoms with van der Waals surface area (Å²) in [5.74, 6) is 2.51. The number of anilines is 3. The average molecular weight is 580 g/mol. The molecule has 6 rings (SSSR count). The van der Waals surface area contributed by atoms with Crippen LogP contribution in [0.15, 0.2) is 59.2 Å². The fraction of sp³-hybridized carbons (Fsp3) is 0.379. The fourth-order valence-corrected chi connectivity index (χ4v) is 7.96. The van der Waals surface area contributed by atoms with Crippen LogP contribution in [0.5, 0.6) is 5.75 Å². The topological polar surface area (TPSA) is 98.7 Å². The van der Waals surface area contributed by atoms with E-state index in [9.17, 15) is 4.21 Å². The molecular formula is C29H34ClN7O2S. The van der Waals surface area contributed by atoms with E-state index in [1.165, 1.54) is 0 Å². The van der Waals surface area contributed by atoms with Gasteiger partial charge in [0.05, 0.1) is 35.8 Å². The summed E-state index contributed by atoms with van der Waals surface area (Å²) in [5.41, 5.74) is 4.45. The number of piperidine rings is 1. The second kappa shape index (κ2) is 11.3. The number of aromatic nitrogens is 3. The van der Waals surface area contributed by atoms with Crippen LogP contribution in [-0.2, 0) is 9.73 Å². The number of fused-ring (bicyclic) bond motifs is 1. The van der Waals surface area contributed by atoms with Gasteiger partial charge in [0.2, 0.25) is 5.95 Å². The van der Waals surface area contributed by atoms with Gasteiger partial charge in [0.15, 0.2) is 0 Å². The molecule has 0 unspecified atom stereocenters. The molecule has 11 heteroatoms. The minimum absolute atomic E-state index is 0.170. The van der Waals surface area contributed by atoms with Crippen molar-refractivity contribution in [2.75, 3.05) is 62.1 Å². The summed E-state index contributed by atoms with van der Waals surface area (Å²) in [6, 6.07) is 14.3. The summed E-state index contributed by atoms with van der Waals surface area (Å²) in [5, 5.41) is 4.83. The van der Waals surface area contributed by atoms with Crippen molar-refractivity contribution in [3.05, 3.63) is 59.9 Å². The molecule has 2 fully saturated rings. The third kappa shape index (κ3) is 5.61. The summed E-state index contributed by atoms with van der Waals surface area (Å²) in [4.78, 5) is 17.0. The van der Waals surface area contributed by atoms with Gasteiger partial charge in [-0.25, -0.2) is 18.5 Å². The van der Waals surface area contributed by atoms with Crippen LogP contribution >= 0.6 is 11.6 Å². The maximum atomic E-state index is 13.2. The molecule has 0 saturated carbocycles. The average Bonchev–Trinajstić information content (AvgIpc) is 3.40. The number of aromatic amines is 1. The molecule has 2 aliphatic heterocycles. The van der Waals surface area contributed by atoms with Crippen LogP contribution in [0.3, 0.4) is 0 Å². The van der Waals surface area contributed by atoms with E-state index in [1.54, 1.807) is 13.3 Å². The van der Waals surface area contributed by atoms with Crippen LogP contribution in [0.25, 0.3) is 22.2 Å². The van der Waals surface area contributed by atoms with Crippen molar-refractivity contribution in [3.63, 3.8) is 0 Å². The van der Waals surface area contributed by atoms with Gasteiger partial charge >= 0.3 is 0 Å². The maximum Gasteiger partial charge on any atom is 0.227 e. The van der Waals surface area contributed by atoms with Crippen molar-refractivity contribution in [2.45, 2.75) is 18.9 Å². The molecular weight excluding hydrogens is 546 g/mol. The van der Waals surface area contributed by atoms with E-state index in [4.69, 9.17) is 25.7 Å². The summed E-state index contributed by atoms with van der Waals surface area (Å²) in [7, 11) is 1.67. The lowest BCUT2D eigenvalue weighted by atomic mass is 10.1. The molecule has 2 aliphatic rings. The summed E-state index contributed by atoms with van der Waals surface area (Å²) in [6.45, 7) is 3.47. The molecule has 2 aromatic carbocycles. The van der Waals surface area contributed by atoms with Crippen molar-refractivity contribution >= 4 is 49.6 Å². The molecule has 0 atom stereocenters. The SMILES string of the molecule is COc1cc(N2CCC(N=S3(=O)CCN(C)CC3)CC2)ccc1Nc1ncc(Cl)c(-c2c[nH]c3ccccc23)n1. The van der Waals surface area contributed by atoms with Crippen molar-refractivity contribution in [2.24, 2.45) is 4.36 Å². The fourth-order valence-electron chi connectivity index (χ4n) is 5.40. The monoisotopic (exact) mass is 579 g/mol. The van der Waals surface area contributed by atoms with Crippen molar-refractivity contribution in [1.29, 1.82) is 0 Å². The molecule has 0 aliphatic carbocycles. The van der Waals surface area contributed by atoms with Crippen molar-refractivity contribution in [1.82, 2.24) is 19.9 Å². The Hall–Kier alpha value is -3.34. The van der Waals surface area contributed by atoms with Crippen LogP contribution in [0.2, 0.25) is 5.02 Å². The van der Waals surface area contributed by atoms with Crippen LogP contribution in [-0.4, -0.2) is 81.9 Å². The first kappa shape index (κ1) is 26.9. The van der Waals surface area contributed by atoms with Gasteiger partial charge in [-0.2, -0.15) is 0 Å². The molecule has 4 heterocycles. The van der Waals surface area contributed by atoms with E-state index in [1.807, 2.05) is 42.6 Å². The number of hydrogen-bond donors (Lipinski definition) is 2. The van der Waals surface area contributed by atoms with Crippen LogP contribution < -0.4 is 15.0 Å². The number of hydrogen-bond acceptors (Lipinski definition) is 8. The van der Waals surface area contributed by atoms with Gasteiger partial charge in [0.1, 0.15) is 5.75 Å². The van der Waals surface area contributed by atoms with Crippen molar-refractivity contribution < 1.29 is 8.95 Å². The molecule has 0 spiro atoms. The van der Waals surface area contributed by atoms with Gasteiger partial charge in [-0.3, -0.25) is 0 Å². The van der Waals surface area contributed by atoms with Crippen LogP contribution in [0, 0.1) is 0 Å². The number of para-hydroxylation sites is 1. The van der Waals surface area contributed by atoms with Gasteiger partial charge in [0, 0.05) is 81.8 Å². The highest BCUT2D eigenvalue weighted by molar-refractivity contribution is 7.93. The van der Waals surface area contributed by atoms with E-state index >= 15 is 0 Å². The summed E-state index contributed by atoms with van der Waals surface area (Å²) >= 11 is 6.51. The third-order valence-corrected chi connectivity index (χ3v) is 10.4. The molecule has 2 aromatic heterocycles. The number of nitrogens with one attached hydrogen (secondary N) is 2. The number of ether oxygens (including phenoxy) is 1. The Balaban J connectivity index is 1.16. The Morgan fingerprint density at radius 1 is 1.12 bits per heavy atom. The van der Waals surface area contributed by atoms with E-state index in [-0.39, 0.29) is 6.04 Å². The number of nitrogens with zero attached hydrogens (tertiary/aromatic N) is 5. The first-order valence-electron chi connectivity index (χ1n) is 13.6. The highest BCUT2D eigenvalue weighted by atomic mass is 35.5. The lowest BCUT2D eigenvalue weighted by molar-refractivity contribution is 0.365. The Morgan fingerprint density at radius 3 is 2.67 bits per heavy atom. The third-order valence-electron chi connectivity index (χ3n) is 7.77. The second-order valence-electron chi connectivity index (χ2n) is 10.5. The lowest BCUT2D eigenvalue weighted by Crippen LogP contribution is -2.39. The van der Waals surface area contributed by atoms with Gasteiger partial charge in [0.25, 0.3) is 0 Å². The first-order valence-corrected chi connectivity index (χ1v) is 15.8. The Kier molecular flexibility index (Phi) is 7.57. The highest BCUT2D eigenvalue weighted by Crippen LogP contribution is 2.35. The normalized spacial score (nSPS) is 18.1. The number of halogens is 1. The standard InChI is InChI=1S/C29H34ClN7O2S/c1-36-13-15-40(38,16-14-36)35-20-9-11-37(12-10-20)21-7-8-26(27(17-21)39-2)33-29-32-19-24(30)28(34-29)23-18-31-25-6-4-3-5-22(23)25/h3-8,17-20,31H,9-16H2,1-2H3,(H,32,33,34). The van der Waals surface area contributed by atoms with E-state index < -0.39 is 9.73 Å². The number of methoxy groups -OCH3 is 1. The van der Waals surface area contributed by atoms with Gasteiger partial charge in [-0.05, 0) is 38.1 Å². The largest absolute Gasteiger partial charge is 0.494 e. The Bertz CT molecular complexity index is 1630. The zero-order valence-electron chi connectivity index (χ0n) is 22.8. The first-order chi connectivity index (χ1) is 19.4. The quantitative estimate of drug-likeness (QED) is 0.315. The summed E-state index contributed by atoms with van der Waals surface area (Å²) in [6.07, 6.45) is 5.35. The zero-order valence-corrected chi connectivity index (χ0v) is 24.3. The predicted octanol–water partition coefficient (Wildman–Crippen LogP) is 5.41. The number of benzene rings is 2. The maximum absolute atomic E-state index is 13.2. The molecule has 40 heavy (non-hydrogen) atoms. The van der Waals surface area contributed by atoms with E-state index in [2.05, 4.69) is 38.2 Å². The van der Waals surface area contributed by atoms with Crippen LogP contribution in [0.4, 0.5) is 17.3 Å². The molecule has 0 bridgehead atoms. The summed E-state index contributed by atoms with van der Waals surface area (Å²) < 4.78 is 23.7. The van der Waals surface area contributed by atoms with E-state index in [0.717, 1.165) is 66.9 Å². The molecule has 210 valence electrons. The Morgan fingerprint density at radius 2 is 1.90 bits per heavy atom. The van der Waals surface area contributed by atoms with Crippen molar-refractivity contribution in [3.8, 4) is 17.0 Å². The number of rotatable bonds is 6. The van der Waals surface area contributed by atoms with Crippen LogP contribution in [0.1, 0.15) is 12.8 Å². The Labute approximate surface area is 240 Å². The van der Waals surface area contributed by atoms with Gasteiger partial charge in [-0.15, -0.1) is 0 Å². The molecule has 2 N–H and O–H groups in total. The minimum Gasteiger partial charge on any atom is -0.494 e. The van der Waals surface area contributed by atoms with E-state index in [0.29, 0.717) is 33.9 Å². The van der Waals surface area contributed by atoms with Gasteiger partial charge in [-0.1, -0.05) is 29.8 Å². The molecule has 4 aromatic rings. The second-order valence-corrected chi connectivity index (χ2v) is 13.4. The molecule has 2 saturated heterocycles. The minimum atomic E-state index is -2.07. The van der Waals surface area contributed by atoms with Gasteiger partial charge < -0.3 is 24.8 Å². The lowest BCUT2D eigenvalue weighted by Gasteiger charge is -2.33. The number of H-pyrrole nitrogens is 1. The highest BCUT2D eigenvalue weighted by Gasteiger charge is 2.24. The smallest absolute Gasteiger partial charge is 0.227 e. The molecule has 0 radical (unpaired) electrons. The predicted molar refractivity (Wildman–Crippen MR) is 164 cm³/mol. The molecule has 0 amide bonds. The molecule has 9 nitrogen and oxygen atoms in total. The zero-order chi connectivity index (χ0) is 27.7.